The number of phenolic OH excluding ortho intramolecular Hbond substituents is 1. The minimum absolute atomic E-state index is 0.129. The molecule has 2 N–H and O–H groups in total. The highest BCUT2D eigenvalue weighted by Crippen LogP contribution is 2.26. The number of hydrogen-bond acceptors (Lipinski definition) is 5. The second kappa shape index (κ2) is 5.00. The van der Waals surface area contributed by atoms with E-state index in [9.17, 15) is 20.0 Å². The van der Waals surface area contributed by atoms with Crippen LogP contribution in [0, 0.1) is 17.0 Å². The molecule has 0 aliphatic heterocycles. The van der Waals surface area contributed by atoms with Crippen molar-refractivity contribution >= 4 is 17.3 Å². The van der Waals surface area contributed by atoms with Crippen LogP contribution in [0.2, 0.25) is 0 Å². The first-order chi connectivity index (χ1) is 9.41. The molecule has 0 aliphatic carbocycles. The number of nitrogens with zero attached hydrogens (tertiary/aromatic N) is 3. The highest BCUT2D eigenvalue weighted by atomic mass is 16.6. The van der Waals surface area contributed by atoms with Crippen LogP contribution in [0.3, 0.4) is 0 Å². The molecule has 0 aliphatic rings. The molecule has 0 saturated carbocycles. The highest BCUT2D eigenvalue weighted by molar-refractivity contribution is 6.06. The lowest BCUT2D eigenvalue weighted by Crippen LogP contribution is -2.14. The number of amides is 1. The Morgan fingerprint density at radius 1 is 1.45 bits per heavy atom. The van der Waals surface area contributed by atoms with Gasteiger partial charge in [0.15, 0.2) is 0 Å². The van der Waals surface area contributed by atoms with Crippen LogP contribution in [-0.2, 0) is 7.05 Å². The van der Waals surface area contributed by atoms with E-state index in [2.05, 4.69) is 10.4 Å². The number of benzene rings is 1. The third kappa shape index (κ3) is 2.30. The fraction of sp³-hybridized carbons (Fsp3) is 0.167. The number of phenols is 1. The van der Waals surface area contributed by atoms with Crippen LogP contribution in [-0.4, -0.2) is 25.7 Å². The summed E-state index contributed by atoms with van der Waals surface area (Å²) in [6.07, 6.45) is 0. The van der Waals surface area contributed by atoms with Gasteiger partial charge in [-0.25, -0.2) is 0 Å². The van der Waals surface area contributed by atoms with Gasteiger partial charge in [0.2, 0.25) is 5.69 Å². The number of nitro groups is 1. The molecular weight excluding hydrogens is 264 g/mol. The highest BCUT2D eigenvalue weighted by Gasteiger charge is 2.29. The Balaban J connectivity index is 2.38. The zero-order valence-electron chi connectivity index (χ0n) is 10.8. The molecule has 2 rings (SSSR count). The fourth-order valence-electron chi connectivity index (χ4n) is 1.73. The Morgan fingerprint density at radius 3 is 2.70 bits per heavy atom. The number of nitrogens with one attached hydrogen (secondary N) is 1. The van der Waals surface area contributed by atoms with Gasteiger partial charge >= 0.3 is 5.69 Å². The predicted octanol–water partition coefficient (Wildman–Crippen LogP) is 1.59. The van der Waals surface area contributed by atoms with E-state index in [0.29, 0.717) is 0 Å². The van der Waals surface area contributed by atoms with E-state index in [1.54, 1.807) is 12.1 Å². The molecule has 0 saturated heterocycles. The Labute approximate surface area is 113 Å². The van der Waals surface area contributed by atoms with Gasteiger partial charge < -0.3 is 10.4 Å². The molecule has 20 heavy (non-hydrogen) atoms. The van der Waals surface area contributed by atoms with Crippen molar-refractivity contribution in [1.82, 2.24) is 9.78 Å². The standard InChI is InChI=1S/C12H12N4O4/c1-7-11(16(19)20)10(14-15(7)2)12(18)13-8-5-3-4-6-9(8)17/h3-6,17H,1-2H3,(H,13,18). The van der Waals surface area contributed by atoms with E-state index in [-0.39, 0.29) is 28.5 Å². The summed E-state index contributed by atoms with van der Waals surface area (Å²) in [4.78, 5) is 22.4. The number of aromatic nitrogens is 2. The first-order valence-electron chi connectivity index (χ1n) is 5.69. The maximum Gasteiger partial charge on any atom is 0.322 e. The second-order valence-electron chi connectivity index (χ2n) is 4.13. The summed E-state index contributed by atoms with van der Waals surface area (Å²) in [5.41, 5.74) is -0.203. The van der Waals surface area contributed by atoms with Crippen molar-refractivity contribution in [2.24, 2.45) is 7.05 Å². The minimum Gasteiger partial charge on any atom is -0.506 e. The second-order valence-corrected chi connectivity index (χ2v) is 4.13. The van der Waals surface area contributed by atoms with Crippen molar-refractivity contribution in [1.29, 1.82) is 0 Å². The van der Waals surface area contributed by atoms with Crippen LogP contribution in [0.5, 0.6) is 5.75 Å². The Hall–Kier alpha value is -2.90. The van der Waals surface area contributed by atoms with Gasteiger partial charge in [0, 0.05) is 7.05 Å². The molecule has 1 heterocycles. The number of aromatic hydroxyl groups is 1. The summed E-state index contributed by atoms with van der Waals surface area (Å²) in [5, 5.41) is 26.8. The van der Waals surface area contributed by atoms with E-state index in [1.165, 1.54) is 30.8 Å². The maximum atomic E-state index is 12.1. The first-order valence-corrected chi connectivity index (χ1v) is 5.69. The van der Waals surface area contributed by atoms with Crippen LogP contribution < -0.4 is 5.32 Å². The number of anilines is 1. The average Bonchev–Trinajstić information content (AvgIpc) is 2.69. The van der Waals surface area contributed by atoms with Crippen molar-refractivity contribution in [2.45, 2.75) is 6.92 Å². The Morgan fingerprint density at radius 2 is 2.10 bits per heavy atom. The third-order valence-corrected chi connectivity index (χ3v) is 2.85. The largest absolute Gasteiger partial charge is 0.506 e. The lowest BCUT2D eigenvalue weighted by molar-refractivity contribution is -0.385. The molecule has 1 amide bonds. The number of rotatable bonds is 3. The van der Waals surface area contributed by atoms with Gasteiger partial charge in [0.25, 0.3) is 5.91 Å². The molecule has 0 unspecified atom stereocenters. The normalized spacial score (nSPS) is 10.3. The van der Waals surface area contributed by atoms with Crippen molar-refractivity contribution in [3.63, 3.8) is 0 Å². The van der Waals surface area contributed by atoms with Gasteiger partial charge in [-0.15, -0.1) is 0 Å². The van der Waals surface area contributed by atoms with E-state index >= 15 is 0 Å². The number of para-hydroxylation sites is 2. The fourth-order valence-corrected chi connectivity index (χ4v) is 1.73. The van der Waals surface area contributed by atoms with Crippen LogP contribution in [0.25, 0.3) is 0 Å². The van der Waals surface area contributed by atoms with Crippen LogP contribution in [0.4, 0.5) is 11.4 Å². The Bertz CT molecular complexity index is 693. The average molecular weight is 276 g/mol. The molecule has 8 nitrogen and oxygen atoms in total. The summed E-state index contributed by atoms with van der Waals surface area (Å²) < 4.78 is 1.26. The Kier molecular flexibility index (Phi) is 3.38. The molecule has 0 fully saturated rings. The zero-order valence-corrected chi connectivity index (χ0v) is 10.8. The lowest BCUT2D eigenvalue weighted by atomic mass is 10.2. The summed E-state index contributed by atoms with van der Waals surface area (Å²) in [7, 11) is 1.51. The minimum atomic E-state index is -0.748. The molecule has 0 atom stereocenters. The molecule has 1 aromatic carbocycles. The predicted molar refractivity (Wildman–Crippen MR) is 70.7 cm³/mol. The molecule has 0 spiro atoms. The third-order valence-electron chi connectivity index (χ3n) is 2.85. The van der Waals surface area contributed by atoms with Gasteiger partial charge in [-0.1, -0.05) is 12.1 Å². The number of hydrogen-bond donors (Lipinski definition) is 2. The molecule has 104 valence electrons. The van der Waals surface area contributed by atoms with Crippen molar-refractivity contribution in [3.8, 4) is 5.75 Å². The van der Waals surface area contributed by atoms with Crippen molar-refractivity contribution < 1.29 is 14.8 Å². The molecule has 2 aromatic rings. The molecule has 8 heteroatoms. The summed E-state index contributed by atoms with van der Waals surface area (Å²) in [5.74, 6) is -0.877. The molecule has 0 bridgehead atoms. The number of carbonyl (C=O) groups is 1. The number of carbonyl (C=O) groups excluding carboxylic acids is 1. The first kappa shape index (κ1) is 13.5. The van der Waals surface area contributed by atoms with Crippen LogP contribution >= 0.6 is 0 Å². The topological polar surface area (TPSA) is 110 Å². The lowest BCUT2D eigenvalue weighted by Gasteiger charge is -2.04. The van der Waals surface area contributed by atoms with E-state index in [1.807, 2.05) is 0 Å². The van der Waals surface area contributed by atoms with Gasteiger partial charge in [-0.3, -0.25) is 19.6 Å². The smallest absolute Gasteiger partial charge is 0.322 e. The molecular formula is C12H12N4O4. The summed E-state index contributed by atoms with van der Waals surface area (Å²) in [6, 6.07) is 6.09. The molecule has 1 aromatic heterocycles. The molecule has 0 radical (unpaired) electrons. The maximum absolute atomic E-state index is 12.1. The van der Waals surface area contributed by atoms with Crippen LogP contribution in [0.15, 0.2) is 24.3 Å². The quantitative estimate of drug-likeness (QED) is 0.502. The van der Waals surface area contributed by atoms with Gasteiger partial charge in [0.05, 0.1) is 10.6 Å². The van der Waals surface area contributed by atoms with E-state index in [0.717, 1.165) is 0 Å². The monoisotopic (exact) mass is 276 g/mol. The van der Waals surface area contributed by atoms with Gasteiger partial charge in [-0.05, 0) is 19.1 Å². The van der Waals surface area contributed by atoms with E-state index < -0.39 is 10.8 Å². The SMILES string of the molecule is Cc1c([N+](=O)[O-])c(C(=O)Nc2ccccc2O)nn1C. The van der Waals surface area contributed by atoms with Gasteiger partial charge in [0.1, 0.15) is 11.4 Å². The van der Waals surface area contributed by atoms with Crippen LogP contribution in [0.1, 0.15) is 16.2 Å². The zero-order chi connectivity index (χ0) is 14.9. The van der Waals surface area contributed by atoms with Crippen molar-refractivity contribution in [3.05, 3.63) is 45.8 Å². The number of aryl methyl sites for hydroxylation is 1. The van der Waals surface area contributed by atoms with Crippen molar-refractivity contribution in [2.75, 3.05) is 5.32 Å². The summed E-state index contributed by atoms with van der Waals surface area (Å²) in [6.45, 7) is 1.50. The summed E-state index contributed by atoms with van der Waals surface area (Å²) >= 11 is 0. The van der Waals surface area contributed by atoms with E-state index in [4.69, 9.17) is 0 Å². The van der Waals surface area contributed by atoms with Gasteiger partial charge in [-0.2, -0.15) is 5.10 Å².